The monoisotopic (exact) mass is 556 g/mol. The highest BCUT2D eigenvalue weighted by Gasteiger charge is 2.64. The van der Waals surface area contributed by atoms with Crippen molar-refractivity contribution in [3.05, 3.63) is 53.3 Å². The molecule has 8 heteroatoms. The van der Waals surface area contributed by atoms with Gasteiger partial charge in [0.15, 0.2) is 0 Å². The Hall–Kier alpha value is -2.35. The molecule has 0 radical (unpaired) electrons. The maximum Gasteiger partial charge on any atom is 0.416 e. The third-order valence-electron chi connectivity index (χ3n) is 10.1. The minimum Gasteiger partial charge on any atom is -0.349 e. The molecule has 7 rings (SSSR count). The molecule has 5 fully saturated rings. The molecule has 5 nitrogen and oxygen atoms in total. The van der Waals surface area contributed by atoms with Crippen LogP contribution in [0.25, 0.3) is 0 Å². The molecule has 1 saturated heterocycles. The molecule has 40 heavy (non-hydrogen) atoms. The van der Waals surface area contributed by atoms with Crippen LogP contribution in [0.5, 0.6) is 0 Å². The molecule has 1 aliphatic heterocycles. The van der Waals surface area contributed by atoms with E-state index in [2.05, 4.69) is 52.2 Å². The van der Waals surface area contributed by atoms with Crippen molar-refractivity contribution < 1.29 is 18.0 Å². The molecule has 1 aromatic heterocycles. The summed E-state index contributed by atoms with van der Waals surface area (Å²) < 4.78 is 41.7. The molecule has 0 spiro atoms. The predicted molar refractivity (Wildman–Crippen MR) is 149 cm³/mol. The first-order chi connectivity index (χ1) is 18.4. The summed E-state index contributed by atoms with van der Waals surface area (Å²) in [5.41, 5.74) is 1.27. The number of halogens is 3. The zero-order valence-corrected chi connectivity index (χ0v) is 24.6. The van der Waals surface area contributed by atoms with E-state index in [0.29, 0.717) is 6.42 Å². The molecule has 5 aliphatic rings. The van der Waals surface area contributed by atoms with Crippen LogP contribution in [0.4, 0.5) is 13.2 Å². The van der Waals surface area contributed by atoms with Gasteiger partial charge < -0.3 is 5.32 Å². The van der Waals surface area contributed by atoms with Gasteiger partial charge in [-0.2, -0.15) is 18.3 Å². The number of carbonyl (C=O) groups is 1. The lowest BCUT2D eigenvalue weighted by Gasteiger charge is -2.69. The van der Waals surface area contributed by atoms with Crippen molar-refractivity contribution in [2.24, 2.45) is 16.2 Å². The van der Waals surface area contributed by atoms with Crippen molar-refractivity contribution >= 4 is 5.91 Å². The Bertz CT molecular complexity index is 1250. The van der Waals surface area contributed by atoms with Crippen LogP contribution in [0.3, 0.4) is 0 Å². The number of aromatic nitrogens is 2. The SMILES string of the molecule is CC12CC3(C)CC(C)(C1)CC(NC(=O)[C@@H]1C[C@H](c4ccn(C(C)(C)C)n4)[C@H](c4ccc(C(F)(F)F)cc4)N1)(C2)C3. The van der Waals surface area contributed by atoms with E-state index in [1.807, 2.05) is 16.9 Å². The van der Waals surface area contributed by atoms with Gasteiger partial charge >= 0.3 is 6.18 Å². The van der Waals surface area contributed by atoms with Crippen molar-refractivity contribution in [1.29, 1.82) is 0 Å². The third kappa shape index (κ3) is 4.88. The Morgan fingerprint density at radius 3 is 1.95 bits per heavy atom. The molecule has 3 atom stereocenters. The highest BCUT2D eigenvalue weighted by molar-refractivity contribution is 5.83. The van der Waals surface area contributed by atoms with Gasteiger partial charge in [0.05, 0.1) is 22.8 Å². The standard InChI is InChI=1S/C32H43F3N4O/c1-27(2,3)39-12-11-23(38-39)22-13-24(36-25(22)20-7-9-21(10-8-20)32(33,34)35)26(40)37-31-17-28(4)14-29(5,18-31)16-30(6,15-28)19-31/h7-12,22,24-25,36H,13-19H2,1-6H3,(H,37,40)/t22-,24+,25+,28?,29?,30?,31?/m1/s1. The van der Waals surface area contributed by atoms with Crippen molar-refractivity contribution in [1.82, 2.24) is 20.4 Å². The first-order valence-electron chi connectivity index (χ1n) is 14.7. The number of nitrogens with zero attached hydrogens (tertiary/aromatic N) is 2. The van der Waals surface area contributed by atoms with Crippen LogP contribution < -0.4 is 10.6 Å². The number of nitrogens with one attached hydrogen (secondary N) is 2. The quantitative estimate of drug-likeness (QED) is 0.422. The Kier molecular flexibility index (Phi) is 5.97. The lowest BCUT2D eigenvalue weighted by molar-refractivity contribution is -0.164. The summed E-state index contributed by atoms with van der Waals surface area (Å²) in [6.07, 6.45) is 4.83. The van der Waals surface area contributed by atoms with Crippen molar-refractivity contribution in [2.45, 2.75) is 122 Å². The van der Waals surface area contributed by atoms with Gasteiger partial charge in [0.2, 0.25) is 5.91 Å². The molecule has 2 heterocycles. The maximum absolute atomic E-state index is 14.0. The molecular weight excluding hydrogens is 513 g/mol. The van der Waals surface area contributed by atoms with E-state index >= 15 is 0 Å². The summed E-state index contributed by atoms with van der Waals surface area (Å²) in [7, 11) is 0. The average Bonchev–Trinajstić information content (AvgIpc) is 3.42. The van der Waals surface area contributed by atoms with Crippen LogP contribution in [0.15, 0.2) is 36.5 Å². The Morgan fingerprint density at radius 1 is 0.925 bits per heavy atom. The van der Waals surface area contributed by atoms with E-state index in [1.54, 1.807) is 0 Å². The van der Waals surface area contributed by atoms with Gasteiger partial charge in [0.1, 0.15) is 0 Å². The van der Waals surface area contributed by atoms with Gasteiger partial charge in [-0.05, 0) is 106 Å². The number of alkyl halides is 3. The van der Waals surface area contributed by atoms with Gasteiger partial charge in [-0.1, -0.05) is 32.9 Å². The number of carbonyl (C=O) groups excluding carboxylic acids is 1. The number of benzene rings is 1. The second-order valence-electron chi connectivity index (χ2n) is 15.8. The Balaban J connectivity index is 1.28. The summed E-state index contributed by atoms with van der Waals surface area (Å²) >= 11 is 0. The first-order valence-corrected chi connectivity index (χ1v) is 14.7. The largest absolute Gasteiger partial charge is 0.416 e. The van der Waals surface area contributed by atoms with E-state index in [-0.39, 0.29) is 45.2 Å². The number of hydrogen-bond acceptors (Lipinski definition) is 3. The number of hydrogen-bond donors (Lipinski definition) is 2. The summed E-state index contributed by atoms with van der Waals surface area (Å²) in [6, 6.07) is 6.56. The van der Waals surface area contributed by atoms with Crippen molar-refractivity contribution in [2.75, 3.05) is 0 Å². The van der Waals surface area contributed by atoms with Crippen LogP contribution in [-0.4, -0.2) is 27.3 Å². The van der Waals surface area contributed by atoms with Crippen LogP contribution in [0.1, 0.15) is 115 Å². The Labute approximate surface area is 235 Å². The van der Waals surface area contributed by atoms with E-state index in [9.17, 15) is 18.0 Å². The molecule has 4 saturated carbocycles. The number of amides is 1. The van der Waals surface area contributed by atoms with Gasteiger partial charge in [0.25, 0.3) is 0 Å². The molecule has 2 N–H and O–H groups in total. The number of rotatable bonds is 4. The average molecular weight is 557 g/mol. The zero-order chi connectivity index (χ0) is 28.9. The minimum absolute atomic E-state index is 0.00687. The minimum atomic E-state index is -4.39. The fourth-order valence-electron chi connectivity index (χ4n) is 10.2. The second-order valence-corrected chi connectivity index (χ2v) is 15.8. The topological polar surface area (TPSA) is 59.0 Å². The maximum atomic E-state index is 14.0. The summed E-state index contributed by atoms with van der Waals surface area (Å²) in [5, 5.41) is 12.0. The van der Waals surface area contributed by atoms with Crippen LogP contribution in [0.2, 0.25) is 0 Å². The van der Waals surface area contributed by atoms with Crippen molar-refractivity contribution in [3.8, 4) is 0 Å². The highest BCUT2D eigenvalue weighted by atomic mass is 19.4. The molecule has 218 valence electrons. The zero-order valence-electron chi connectivity index (χ0n) is 24.6. The predicted octanol–water partition coefficient (Wildman–Crippen LogP) is 7.10. The first kappa shape index (κ1) is 27.8. The smallest absolute Gasteiger partial charge is 0.349 e. The van der Waals surface area contributed by atoms with Crippen LogP contribution >= 0.6 is 0 Å². The summed E-state index contributed by atoms with van der Waals surface area (Å²) in [6.45, 7) is 13.4. The third-order valence-corrected chi connectivity index (χ3v) is 10.1. The van der Waals surface area contributed by atoms with E-state index in [1.165, 1.54) is 31.4 Å². The molecule has 2 aromatic rings. The Morgan fingerprint density at radius 2 is 1.48 bits per heavy atom. The molecule has 0 unspecified atom stereocenters. The highest BCUT2D eigenvalue weighted by Crippen LogP contribution is 2.70. The van der Waals surface area contributed by atoms with Gasteiger partial charge in [-0.15, -0.1) is 0 Å². The summed E-state index contributed by atoms with van der Waals surface area (Å²) in [4.78, 5) is 14.0. The van der Waals surface area contributed by atoms with Gasteiger partial charge in [0, 0.05) is 23.7 Å². The molecule has 4 aliphatic carbocycles. The summed E-state index contributed by atoms with van der Waals surface area (Å²) in [5.74, 6) is -0.132. The van der Waals surface area contributed by atoms with E-state index in [4.69, 9.17) is 5.10 Å². The molecule has 1 amide bonds. The van der Waals surface area contributed by atoms with Crippen LogP contribution in [0, 0.1) is 16.2 Å². The van der Waals surface area contributed by atoms with Crippen LogP contribution in [-0.2, 0) is 16.5 Å². The molecular formula is C32H43F3N4O. The lowest BCUT2D eigenvalue weighted by Crippen LogP contribution is -2.68. The van der Waals surface area contributed by atoms with Gasteiger partial charge in [-0.25, -0.2) is 0 Å². The van der Waals surface area contributed by atoms with Crippen molar-refractivity contribution in [3.63, 3.8) is 0 Å². The fourth-order valence-corrected chi connectivity index (χ4v) is 10.2. The second kappa shape index (κ2) is 8.59. The molecule has 1 aromatic carbocycles. The van der Waals surface area contributed by atoms with E-state index in [0.717, 1.165) is 42.7 Å². The normalized spacial score (nSPS) is 39.1. The molecule has 4 bridgehead atoms. The van der Waals surface area contributed by atoms with Gasteiger partial charge in [-0.3, -0.25) is 14.8 Å². The van der Waals surface area contributed by atoms with E-state index < -0.39 is 17.8 Å². The lowest BCUT2D eigenvalue weighted by atomic mass is 9.38. The fraction of sp³-hybridized carbons (Fsp3) is 0.688.